The van der Waals surface area contributed by atoms with Gasteiger partial charge in [-0.1, -0.05) is 23.7 Å². The summed E-state index contributed by atoms with van der Waals surface area (Å²) in [5, 5.41) is 13.7. The topological polar surface area (TPSA) is 126 Å². The molecule has 5 rings (SSSR count). The maximum absolute atomic E-state index is 12.9. The number of hydrogen-bond acceptors (Lipinski definition) is 6. The molecule has 3 N–H and O–H groups in total. The third kappa shape index (κ3) is 2.36. The molecule has 0 aliphatic carbocycles. The molecule has 0 fully saturated rings. The van der Waals surface area contributed by atoms with Crippen molar-refractivity contribution in [3.05, 3.63) is 51.2 Å². The Labute approximate surface area is 162 Å². The Morgan fingerprint density at radius 3 is 3.04 bits per heavy atom. The number of H-pyrrole nitrogens is 1. The van der Waals surface area contributed by atoms with Crippen molar-refractivity contribution in [2.75, 3.05) is 5.32 Å². The zero-order valence-electron chi connectivity index (χ0n) is 14.4. The summed E-state index contributed by atoms with van der Waals surface area (Å²) in [6.45, 7) is 0.481. The van der Waals surface area contributed by atoms with Crippen molar-refractivity contribution in [3.8, 4) is 5.75 Å². The van der Waals surface area contributed by atoms with E-state index in [1.807, 2.05) is 6.07 Å². The van der Waals surface area contributed by atoms with Crippen LogP contribution in [0.25, 0.3) is 22.1 Å². The molecule has 0 saturated carbocycles. The first-order chi connectivity index (χ1) is 13.5. The summed E-state index contributed by atoms with van der Waals surface area (Å²) in [5.41, 5.74) is 1.45. The molecule has 3 aromatic heterocycles. The highest BCUT2D eigenvalue weighted by Crippen LogP contribution is 2.31. The maximum atomic E-state index is 12.9. The van der Waals surface area contributed by atoms with Crippen molar-refractivity contribution in [2.24, 2.45) is 0 Å². The molecule has 0 bridgehead atoms. The average molecular weight is 397 g/mol. The van der Waals surface area contributed by atoms with Gasteiger partial charge in [0.1, 0.15) is 16.8 Å². The van der Waals surface area contributed by atoms with E-state index < -0.39 is 11.5 Å². The lowest BCUT2D eigenvalue weighted by Crippen LogP contribution is -2.32. The molecular formula is C18H13ClN6O3. The van der Waals surface area contributed by atoms with E-state index in [9.17, 15) is 14.7 Å². The van der Waals surface area contributed by atoms with Crippen molar-refractivity contribution in [1.29, 1.82) is 0 Å². The maximum Gasteiger partial charge on any atom is 0.267 e. The van der Waals surface area contributed by atoms with Crippen LogP contribution in [0.4, 0.5) is 5.95 Å². The predicted octanol–water partition coefficient (Wildman–Crippen LogP) is 2.23. The Morgan fingerprint density at radius 1 is 1.32 bits per heavy atom. The average Bonchev–Trinajstić information content (AvgIpc) is 3.15. The number of aryl methyl sites for hydroxylation is 2. The monoisotopic (exact) mass is 396 g/mol. The number of aromatic hydroxyl groups is 1. The number of para-hydroxylation sites is 1. The van der Waals surface area contributed by atoms with E-state index in [-0.39, 0.29) is 28.1 Å². The predicted molar refractivity (Wildman–Crippen MR) is 103 cm³/mol. The Kier molecular flexibility index (Phi) is 3.59. The molecule has 1 amide bonds. The number of nitrogens with zero attached hydrogens (tertiary/aromatic N) is 4. The number of anilines is 1. The van der Waals surface area contributed by atoms with Crippen LogP contribution in [0.5, 0.6) is 5.75 Å². The number of aromatic nitrogens is 5. The molecule has 0 atom stereocenters. The number of rotatable bonds is 2. The van der Waals surface area contributed by atoms with Crippen molar-refractivity contribution < 1.29 is 9.90 Å². The van der Waals surface area contributed by atoms with Gasteiger partial charge in [0.15, 0.2) is 10.8 Å². The highest BCUT2D eigenvalue weighted by atomic mass is 35.5. The molecule has 1 aromatic carbocycles. The third-order valence-corrected chi connectivity index (χ3v) is 5.14. The van der Waals surface area contributed by atoms with Gasteiger partial charge in [0.25, 0.3) is 11.5 Å². The molecule has 140 valence electrons. The fourth-order valence-corrected chi connectivity index (χ4v) is 3.86. The normalized spacial score (nSPS) is 13.2. The summed E-state index contributed by atoms with van der Waals surface area (Å²) in [5.74, 6) is -1.28. The molecule has 1 aliphatic rings. The molecule has 9 nitrogen and oxygen atoms in total. The molecular weight excluding hydrogens is 384 g/mol. The molecule has 4 heterocycles. The minimum Gasteiger partial charge on any atom is -0.506 e. The molecule has 0 radical (unpaired) electrons. The quantitative estimate of drug-likeness (QED) is 0.446. The Bertz CT molecular complexity index is 1340. The highest BCUT2D eigenvalue weighted by molar-refractivity contribution is 6.33. The second-order valence-corrected chi connectivity index (χ2v) is 6.85. The van der Waals surface area contributed by atoms with E-state index >= 15 is 0 Å². The molecule has 1 aliphatic heterocycles. The van der Waals surface area contributed by atoms with Gasteiger partial charge in [-0.15, -0.1) is 0 Å². The van der Waals surface area contributed by atoms with Crippen LogP contribution >= 0.6 is 11.6 Å². The van der Waals surface area contributed by atoms with Crippen LogP contribution in [0.3, 0.4) is 0 Å². The molecule has 0 spiro atoms. The number of halogens is 1. The SMILES string of the molecule is O=C(Nc1nc(Cl)c2[nH]cnc2n1)c1c(O)c2cccc3c2n(c1=O)CCC3. The number of imidazole rings is 1. The minimum atomic E-state index is -0.810. The van der Waals surface area contributed by atoms with E-state index in [0.717, 1.165) is 18.4 Å². The van der Waals surface area contributed by atoms with Crippen LogP contribution in [0.2, 0.25) is 5.15 Å². The van der Waals surface area contributed by atoms with Gasteiger partial charge >= 0.3 is 0 Å². The van der Waals surface area contributed by atoms with Gasteiger partial charge in [-0.05, 0) is 24.5 Å². The number of pyridine rings is 1. The number of benzene rings is 1. The lowest BCUT2D eigenvalue weighted by molar-refractivity contribution is 0.102. The van der Waals surface area contributed by atoms with Crippen LogP contribution < -0.4 is 10.9 Å². The van der Waals surface area contributed by atoms with Crippen LogP contribution in [0, 0.1) is 0 Å². The van der Waals surface area contributed by atoms with Crippen molar-refractivity contribution >= 4 is 45.5 Å². The van der Waals surface area contributed by atoms with Crippen LogP contribution in [0.1, 0.15) is 22.3 Å². The van der Waals surface area contributed by atoms with Gasteiger partial charge in [0, 0.05) is 11.9 Å². The van der Waals surface area contributed by atoms with Crippen molar-refractivity contribution in [3.63, 3.8) is 0 Å². The van der Waals surface area contributed by atoms with E-state index in [1.54, 1.807) is 12.1 Å². The van der Waals surface area contributed by atoms with E-state index in [4.69, 9.17) is 11.6 Å². The van der Waals surface area contributed by atoms with Gasteiger partial charge in [0.05, 0.1) is 11.8 Å². The van der Waals surface area contributed by atoms with Gasteiger partial charge in [-0.2, -0.15) is 9.97 Å². The van der Waals surface area contributed by atoms with Gasteiger partial charge < -0.3 is 14.7 Å². The summed E-state index contributed by atoms with van der Waals surface area (Å²) in [6, 6.07) is 5.41. The third-order valence-electron chi connectivity index (χ3n) is 4.86. The molecule has 0 saturated heterocycles. The van der Waals surface area contributed by atoms with Crippen molar-refractivity contribution in [1.82, 2.24) is 24.5 Å². The first kappa shape index (κ1) is 16.7. The number of carbonyl (C=O) groups excluding carboxylic acids is 1. The van der Waals surface area contributed by atoms with E-state index in [0.29, 0.717) is 23.0 Å². The lowest BCUT2D eigenvalue weighted by atomic mass is 9.99. The largest absolute Gasteiger partial charge is 0.506 e. The first-order valence-electron chi connectivity index (χ1n) is 8.60. The standard InChI is InChI=1S/C18H13ClN6O3/c19-14-11-15(21-7-20-11)23-18(22-14)24-16(27)10-13(26)9-5-1-3-8-4-2-6-25(12(8)9)17(10)28/h1,3,5,7,26H,2,4,6H2,(H2,20,21,22,23,24,27). The summed E-state index contributed by atoms with van der Waals surface area (Å²) in [4.78, 5) is 40.6. The second kappa shape index (κ2) is 6.03. The van der Waals surface area contributed by atoms with Crippen LogP contribution in [0.15, 0.2) is 29.3 Å². The fourth-order valence-electron chi connectivity index (χ4n) is 3.64. The number of aromatic amines is 1. The highest BCUT2D eigenvalue weighted by Gasteiger charge is 2.25. The van der Waals surface area contributed by atoms with Gasteiger partial charge in [-0.3, -0.25) is 14.9 Å². The number of fused-ring (bicyclic) bond motifs is 1. The minimum absolute atomic E-state index is 0.0805. The smallest absolute Gasteiger partial charge is 0.267 e. The van der Waals surface area contributed by atoms with Crippen molar-refractivity contribution in [2.45, 2.75) is 19.4 Å². The second-order valence-electron chi connectivity index (χ2n) is 6.49. The van der Waals surface area contributed by atoms with Gasteiger partial charge in [0.2, 0.25) is 5.95 Å². The first-order valence-corrected chi connectivity index (χ1v) is 8.97. The Balaban J connectivity index is 1.64. The van der Waals surface area contributed by atoms with Crippen LogP contribution in [-0.2, 0) is 13.0 Å². The number of hydrogen-bond donors (Lipinski definition) is 3. The summed E-state index contributed by atoms with van der Waals surface area (Å²) < 4.78 is 1.54. The fraction of sp³-hybridized carbons (Fsp3) is 0.167. The lowest BCUT2D eigenvalue weighted by Gasteiger charge is -2.21. The zero-order chi connectivity index (χ0) is 19.4. The molecule has 28 heavy (non-hydrogen) atoms. The van der Waals surface area contributed by atoms with Gasteiger partial charge in [-0.25, -0.2) is 4.98 Å². The summed E-state index contributed by atoms with van der Waals surface area (Å²) >= 11 is 6.06. The van der Waals surface area contributed by atoms with Crippen LogP contribution in [-0.4, -0.2) is 35.5 Å². The number of carbonyl (C=O) groups is 1. The summed E-state index contributed by atoms with van der Waals surface area (Å²) in [6.07, 6.45) is 3.00. The number of nitrogens with one attached hydrogen (secondary N) is 2. The van der Waals surface area contributed by atoms with E-state index in [2.05, 4.69) is 25.3 Å². The molecule has 10 heteroatoms. The number of amides is 1. The zero-order valence-corrected chi connectivity index (χ0v) is 15.1. The Hall–Kier alpha value is -3.46. The molecule has 0 unspecified atom stereocenters. The molecule has 4 aromatic rings. The van der Waals surface area contributed by atoms with E-state index in [1.165, 1.54) is 10.9 Å². The summed E-state index contributed by atoms with van der Waals surface area (Å²) in [7, 11) is 0. The Morgan fingerprint density at radius 2 is 2.18 bits per heavy atom.